The summed E-state index contributed by atoms with van der Waals surface area (Å²) in [5, 5.41) is 0. The number of rotatable bonds is 5. The SMILES string of the molecule is CCc1ccc(C(=O)N(C)[C@H](C(N)=O)c2cccc(F)c2)o1. The van der Waals surface area contributed by atoms with Crippen molar-refractivity contribution in [3.8, 4) is 0 Å². The van der Waals surface area contributed by atoms with Gasteiger partial charge in [-0.25, -0.2) is 4.39 Å². The predicted octanol–water partition coefficient (Wildman–Crippen LogP) is 2.28. The number of carbonyl (C=O) groups is 2. The fourth-order valence-corrected chi connectivity index (χ4v) is 2.23. The van der Waals surface area contributed by atoms with Gasteiger partial charge in [0.05, 0.1) is 0 Å². The molecular formula is C16H17FN2O3. The number of nitrogens with zero attached hydrogens (tertiary/aromatic N) is 1. The second-order valence-corrected chi connectivity index (χ2v) is 4.90. The first-order valence-corrected chi connectivity index (χ1v) is 6.84. The minimum Gasteiger partial charge on any atom is -0.456 e. The molecule has 0 fully saturated rings. The number of hydrogen-bond acceptors (Lipinski definition) is 3. The second kappa shape index (κ2) is 6.43. The number of hydrogen-bond donors (Lipinski definition) is 1. The summed E-state index contributed by atoms with van der Waals surface area (Å²) in [6.45, 7) is 1.90. The van der Waals surface area contributed by atoms with Crippen molar-refractivity contribution >= 4 is 11.8 Å². The molecule has 22 heavy (non-hydrogen) atoms. The van der Waals surface area contributed by atoms with E-state index in [1.54, 1.807) is 18.2 Å². The molecule has 1 aromatic carbocycles. The van der Waals surface area contributed by atoms with Crippen molar-refractivity contribution in [1.29, 1.82) is 0 Å². The number of aryl methyl sites for hydroxylation is 1. The Morgan fingerprint density at radius 1 is 1.32 bits per heavy atom. The van der Waals surface area contributed by atoms with Gasteiger partial charge in [0.1, 0.15) is 17.6 Å². The van der Waals surface area contributed by atoms with Gasteiger partial charge < -0.3 is 15.1 Å². The van der Waals surface area contributed by atoms with Gasteiger partial charge >= 0.3 is 0 Å². The Morgan fingerprint density at radius 3 is 2.59 bits per heavy atom. The van der Waals surface area contributed by atoms with Crippen LogP contribution in [0, 0.1) is 5.82 Å². The van der Waals surface area contributed by atoms with E-state index in [2.05, 4.69) is 0 Å². The van der Waals surface area contributed by atoms with E-state index < -0.39 is 23.7 Å². The highest BCUT2D eigenvalue weighted by molar-refractivity contribution is 5.95. The van der Waals surface area contributed by atoms with Gasteiger partial charge in [-0.05, 0) is 29.8 Å². The third-order valence-corrected chi connectivity index (χ3v) is 3.36. The second-order valence-electron chi connectivity index (χ2n) is 4.90. The molecule has 5 nitrogen and oxygen atoms in total. The van der Waals surface area contributed by atoms with Crippen LogP contribution in [0.3, 0.4) is 0 Å². The fourth-order valence-electron chi connectivity index (χ4n) is 2.23. The topological polar surface area (TPSA) is 76.5 Å². The summed E-state index contributed by atoms with van der Waals surface area (Å²) in [7, 11) is 1.43. The lowest BCUT2D eigenvalue weighted by Crippen LogP contribution is -2.39. The maximum Gasteiger partial charge on any atom is 0.290 e. The summed E-state index contributed by atoms with van der Waals surface area (Å²) < 4.78 is 18.7. The maximum atomic E-state index is 13.4. The van der Waals surface area contributed by atoms with Gasteiger partial charge in [-0.2, -0.15) is 0 Å². The molecule has 1 heterocycles. The first kappa shape index (κ1) is 15.8. The molecule has 1 aromatic heterocycles. The Balaban J connectivity index is 2.32. The Labute approximate surface area is 127 Å². The molecule has 0 spiro atoms. The van der Waals surface area contributed by atoms with Crippen molar-refractivity contribution in [2.45, 2.75) is 19.4 Å². The average molecular weight is 304 g/mol. The molecule has 0 aliphatic carbocycles. The summed E-state index contributed by atoms with van der Waals surface area (Å²) in [6, 6.07) is 7.60. The van der Waals surface area contributed by atoms with Crippen molar-refractivity contribution < 1.29 is 18.4 Å². The quantitative estimate of drug-likeness (QED) is 0.920. The molecule has 0 saturated carbocycles. The summed E-state index contributed by atoms with van der Waals surface area (Å²) in [6.07, 6.45) is 0.653. The average Bonchev–Trinajstić information content (AvgIpc) is 2.95. The number of carbonyl (C=O) groups excluding carboxylic acids is 2. The molecule has 2 N–H and O–H groups in total. The van der Waals surface area contributed by atoms with E-state index in [1.165, 1.54) is 25.2 Å². The summed E-state index contributed by atoms with van der Waals surface area (Å²) in [5.41, 5.74) is 5.69. The fraction of sp³-hybridized carbons (Fsp3) is 0.250. The van der Waals surface area contributed by atoms with E-state index in [1.807, 2.05) is 6.92 Å². The van der Waals surface area contributed by atoms with Crippen LogP contribution in [0.25, 0.3) is 0 Å². The van der Waals surface area contributed by atoms with Gasteiger partial charge in [-0.15, -0.1) is 0 Å². The van der Waals surface area contributed by atoms with Gasteiger partial charge in [0, 0.05) is 13.5 Å². The third kappa shape index (κ3) is 3.16. The number of benzene rings is 1. The molecule has 0 saturated heterocycles. The van der Waals surface area contributed by atoms with Gasteiger partial charge in [-0.1, -0.05) is 19.1 Å². The van der Waals surface area contributed by atoms with Crippen molar-refractivity contribution in [3.63, 3.8) is 0 Å². The minimum absolute atomic E-state index is 0.113. The molecule has 2 rings (SSSR count). The first-order chi connectivity index (χ1) is 10.4. The third-order valence-electron chi connectivity index (χ3n) is 3.36. The van der Waals surface area contributed by atoms with E-state index in [9.17, 15) is 14.0 Å². The lowest BCUT2D eigenvalue weighted by Gasteiger charge is -2.25. The summed E-state index contributed by atoms with van der Waals surface area (Å²) in [5.74, 6) is -0.965. The van der Waals surface area contributed by atoms with Crippen LogP contribution >= 0.6 is 0 Å². The first-order valence-electron chi connectivity index (χ1n) is 6.84. The lowest BCUT2D eigenvalue weighted by molar-refractivity contribution is -0.122. The van der Waals surface area contributed by atoms with Crippen LogP contribution < -0.4 is 5.73 Å². The number of halogens is 1. The van der Waals surface area contributed by atoms with Crippen molar-refractivity contribution in [1.82, 2.24) is 4.90 Å². The molecule has 0 aliphatic heterocycles. The molecule has 0 unspecified atom stereocenters. The molecular weight excluding hydrogens is 287 g/mol. The standard InChI is InChI=1S/C16H17FN2O3/c1-3-12-7-8-13(22-12)16(21)19(2)14(15(18)20)10-5-4-6-11(17)9-10/h4-9,14H,3H2,1-2H3,(H2,18,20)/t14-/m0/s1. The highest BCUT2D eigenvalue weighted by atomic mass is 19.1. The molecule has 1 atom stereocenters. The number of nitrogens with two attached hydrogens (primary N) is 1. The Bertz CT molecular complexity index is 696. The van der Waals surface area contributed by atoms with Crippen molar-refractivity contribution in [3.05, 3.63) is 59.3 Å². The van der Waals surface area contributed by atoms with Gasteiger partial charge in [0.2, 0.25) is 5.91 Å². The van der Waals surface area contributed by atoms with Crippen molar-refractivity contribution in [2.24, 2.45) is 5.73 Å². The Hall–Kier alpha value is -2.63. The van der Waals surface area contributed by atoms with E-state index in [4.69, 9.17) is 10.2 Å². The lowest BCUT2D eigenvalue weighted by atomic mass is 10.0. The van der Waals surface area contributed by atoms with Crippen LogP contribution in [-0.4, -0.2) is 23.8 Å². The van der Waals surface area contributed by atoms with Gasteiger partial charge in [0.15, 0.2) is 5.76 Å². The number of primary amides is 1. The zero-order valence-electron chi connectivity index (χ0n) is 12.4. The number of furan rings is 1. The molecule has 2 aromatic rings. The highest BCUT2D eigenvalue weighted by Crippen LogP contribution is 2.22. The molecule has 0 aliphatic rings. The monoisotopic (exact) mass is 304 g/mol. The normalized spacial score (nSPS) is 12.0. The summed E-state index contributed by atoms with van der Waals surface area (Å²) >= 11 is 0. The Morgan fingerprint density at radius 2 is 2.05 bits per heavy atom. The molecule has 6 heteroatoms. The van der Waals surface area contributed by atoms with Crippen LogP contribution in [0.1, 0.15) is 34.8 Å². The van der Waals surface area contributed by atoms with Gasteiger partial charge in [-0.3, -0.25) is 9.59 Å². The molecule has 0 radical (unpaired) electrons. The van der Waals surface area contributed by atoms with Crippen LogP contribution in [0.2, 0.25) is 0 Å². The van der Waals surface area contributed by atoms with E-state index in [0.29, 0.717) is 17.7 Å². The van der Waals surface area contributed by atoms with Crippen LogP contribution in [-0.2, 0) is 11.2 Å². The van der Waals surface area contributed by atoms with Gasteiger partial charge in [0.25, 0.3) is 5.91 Å². The predicted molar refractivity (Wildman–Crippen MR) is 78.5 cm³/mol. The molecule has 0 bridgehead atoms. The van der Waals surface area contributed by atoms with Crippen LogP contribution in [0.5, 0.6) is 0 Å². The zero-order chi connectivity index (χ0) is 16.3. The van der Waals surface area contributed by atoms with Crippen molar-refractivity contribution in [2.75, 3.05) is 7.05 Å². The zero-order valence-corrected chi connectivity index (χ0v) is 12.4. The molecule has 116 valence electrons. The largest absolute Gasteiger partial charge is 0.456 e. The minimum atomic E-state index is -1.07. The van der Waals surface area contributed by atoms with E-state index in [-0.39, 0.29) is 5.76 Å². The number of likely N-dealkylation sites (N-methyl/N-ethyl adjacent to an activating group) is 1. The van der Waals surface area contributed by atoms with Crippen LogP contribution in [0.15, 0.2) is 40.8 Å². The summed E-state index contributed by atoms with van der Waals surface area (Å²) in [4.78, 5) is 25.3. The maximum absolute atomic E-state index is 13.4. The molecule has 2 amide bonds. The highest BCUT2D eigenvalue weighted by Gasteiger charge is 2.29. The Kier molecular flexibility index (Phi) is 4.60. The van der Waals surface area contributed by atoms with E-state index >= 15 is 0 Å². The number of amides is 2. The van der Waals surface area contributed by atoms with E-state index in [0.717, 1.165) is 4.90 Å². The van der Waals surface area contributed by atoms with Crippen LogP contribution in [0.4, 0.5) is 4.39 Å². The smallest absolute Gasteiger partial charge is 0.290 e.